The molecule has 0 aliphatic carbocycles. The molecule has 1 N–H and O–H groups in total. The minimum absolute atomic E-state index is 0.108. The Morgan fingerprint density at radius 1 is 0.943 bits per heavy atom. The molecular formula is C27H30N4O3S. The van der Waals surface area contributed by atoms with Crippen molar-refractivity contribution < 1.29 is 13.2 Å². The summed E-state index contributed by atoms with van der Waals surface area (Å²) in [5.41, 5.74) is 4.08. The highest BCUT2D eigenvalue weighted by molar-refractivity contribution is 7.89. The summed E-state index contributed by atoms with van der Waals surface area (Å²) in [5.74, 6) is -0.318. The van der Waals surface area contributed by atoms with Crippen molar-refractivity contribution in [2.24, 2.45) is 0 Å². The Hall–Kier alpha value is -3.36. The van der Waals surface area contributed by atoms with Gasteiger partial charge in [0.1, 0.15) is 0 Å². The number of rotatable bonds is 6. The molecule has 1 amide bonds. The maximum absolute atomic E-state index is 13.6. The average molecular weight is 491 g/mol. The van der Waals surface area contributed by atoms with Crippen LogP contribution in [0.5, 0.6) is 0 Å². The van der Waals surface area contributed by atoms with Crippen LogP contribution in [0, 0.1) is 0 Å². The molecule has 7 nitrogen and oxygen atoms in total. The number of hydrogen-bond donors (Lipinski definition) is 1. The third-order valence-electron chi connectivity index (χ3n) is 6.78. The standard InChI is InChI=1S/C27H30N4O3S/c1-4-31-25-10-6-5-9-21(25)22-17-19(11-13-26(22)31)28-27(32)23-18-20(35(33,34)29(2)3)12-14-24(23)30-15-7-8-16-30/h5-6,9-14,17-18H,4,7-8,15-16H2,1-3H3,(H,28,32). The highest BCUT2D eigenvalue weighted by atomic mass is 32.2. The Morgan fingerprint density at radius 3 is 2.37 bits per heavy atom. The molecule has 0 atom stereocenters. The van der Waals surface area contributed by atoms with E-state index in [0.717, 1.165) is 64.3 Å². The van der Waals surface area contributed by atoms with E-state index in [1.807, 2.05) is 30.3 Å². The number of carbonyl (C=O) groups is 1. The van der Waals surface area contributed by atoms with Gasteiger partial charge >= 0.3 is 0 Å². The lowest BCUT2D eigenvalue weighted by molar-refractivity contribution is 0.102. The van der Waals surface area contributed by atoms with Gasteiger partial charge in [-0.2, -0.15) is 0 Å². The first-order valence-electron chi connectivity index (χ1n) is 11.9. The van der Waals surface area contributed by atoms with E-state index in [4.69, 9.17) is 0 Å². The second-order valence-electron chi connectivity index (χ2n) is 9.11. The Morgan fingerprint density at radius 2 is 1.66 bits per heavy atom. The van der Waals surface area contributed by atoms with E-state index in [9.17, 15) is 13.2 Å². The predicted octanol–water partition coefficient (Wildman–Crippen LogP) is 4.92. The first-order valence-corrected chi connectivity index (χ1v) is 13.4. The zero-order valence-electron chi connectivity index (χ0n) is 20.3. The molecule has 2 heterocycles. The molecule has 1 saturated heterocycles. The number of carbonyl (C=O) groups excluding carboxylic acids is 1. The van der Waals surface area contributed by atoms with E-state index < -0.39 is 10.0 Å². The highest BCUT2D eigenvalue weighted by Crippen LogP contribution is 2.32. The zero-order chi connectivity index (χ0) is 24.7. The molecule has 0 saturated carbocycles. The molecule has 8 heteroatoms. The lowest BCUT2D eigenvalue weighted by atomic mass is 10.1. The van der Waals surface area contributed by atoms with Gasteiger partial charge in [0.05, 0.1) is 10.5 Å². The Labute approximate surface area is 206 Å². The topological polar surface area (TPSA) is 74.6 Å². The van der Waals surface area contributed by atoms with Crippen molar-refractivity contribution in [3.05, 3.63) is 66.2 Å². The Kier molecular flexibility index (Phi) is 6.02. The van der Waals surface area contributed by atoms with Crippen molar-refractivity contribution in [2.45, 2.75) is 31.2 Å². The van der Waals surface area contributed by atoms with Gasteiger partial charge < -0.3 is 14.8 Å². The number of nitrogens with one attached hydrogen (secondary N) is 1. The summed E-state index contributed by atoms with van der Waals surface area (Å²) in [5, 5.41) is 5.24. The molecule has 4 aromatic rings. The number of benzene rings is 3. The fraction of sp³-hybridized carbons (Fsp3) is 0.296. The normalized spacial score (nSPS) is 14.3. The lowest BCUT2D eigenvalue weighted by Crippen LogP contribution is -2.25. The van der Waals surface area contributed by atoms with Crippen molar-refractivity contribution in [3.8, 4) is 0 Å². The number of anilines is 2. The second-order valence-corrected chi connectivity index (χ2v) is 11.3. The summed E-state index contributed by atoms with van der Waals surface area (Å²) in [6, 6.07) is 19.0. The largest absolute Gasteiger partial charge is 0.371 e. The summed E-state index contributed by atoms with van der Waals surface area (Å²) in [4.78, 5) is 15.8. The van der Waals surface area contributed by atoms with Crippen molar-refractivity contribution >= 4 is 49.1 Å². The number of fused-ring (bicyclic) bond motifs is 3. The summed E-state index contributed by atoms with van der Waals surface area (Å²) in [6.45, 7) is 4.67. The number of amides is 1. The van der Waals surface area contributed by atoms with E-state index in [1.165, 1.54) is 20.2 Å². The van der Waals surface area contributed by atoms with E-state index in [2.05, 4.69) is 33.8 Å². The Balaban J connectivity index is 1.56. The number of aryl methyl sites for hydroxylation is 1. The van der Waals surface area contributed by atoms with Crippen molar-refractivity contribution in [2.75, 3.05) is 37.4 Å². The molecule has 1 aromatic heterocycles. The molecule has 1 aliphatic rings. The molecule has 0 bridgehead atoms. The average Bonchev–Trinajstić information content (AvgIpc) is 3.50. The van der Waals surface area contributed by atoms with Crippen molar-refractivity contribution in [3.63, 3.8) is 0 Å². The van der Waals surface area contributed by atoms with Gasteiger partial charge in [-0.25, -0.2) is 12.7 Å². The second kappa shape index (κ2) is 9.02. The van der Waals surface area contributed by atoms with E-state index in [1.54, 1.807) is 12.1 Å². The fourth-order valence-electron chi connectivity index (χ4n) is 4.97. The minimum Gasteiger partial charge on any atom is -0.371 e. The number of nitrogens with zero attached hydrogens (tertiary/aromatic N) is 3. The van der Waals surface area contributed by atoms with Crippen molar-refractivity contribution in [1.82, 2.24) is 8.87 Å². The quantitative estimate of drug-likeness (QED) is 0.416. The highest BCUT2D eigenvalue weighted by Gasteiger charge is 2.25. The first-order chi connectivity index (χ1) is 16.8. The molecule has 0 radical (unpaired) electrons. The summed E-state index contributed by atoms with van der Waals surface area (Å²) in [7, 11) is -0.684. The van der Waals surface area contributed by atoms with Crippen LogP contribution in [0.25, 0.3) is 21.8 Å². The monoisotopic (exact) mass is 490 g/mol. The smallest absolute Gasteiger partial charge is 0.257 e. The van der Waals surface area contributed by atoms with E-state index in [0.29, 0.717) is 11.3 Å². The molecule has 0 unspecified atom stereocenters. The third kappa shape index (κ3) is 4.06. The van der Waals surface area contributed by atoms with Gasteiger partial charge in [0.25, 0.3) is 5.91 Å². The number of aromatic nitrogens is 1. The molecule has 1 fully saturated rings. The predicted molar refractivity (Wildman–Crippen MR) is 142 cm³/mol. The van der Waals surface area contributed by atoms with E-state index in [-0.39, 0.29) is 10.8 Å². The Bertz CT molecular complexity index is 1530. The number of hydrogen-bond acceptors (Lipinski definition) is 4. The van der Waals surface area contributed by atoms with Crippen LogP contribution in [0.1, 0.15) is 30.1 Å². The maximum atomic E-state index is 13.6. The van der Waals surface area contributed by atoms with Crippen LogP contribution in [0.15, 0.2) is 65.6 Å². The molecular weight excluding hydrogens is 460 g/mol. The lowest BCUT2D eigenvalue weighted by Gasteiger charge is -2.22. The molecule has 0 spiro atoms. The van der Waals surface area contributed by atoms with Gasteiger partial charge in [0.15, 0.2) is 0 Å². The van der Waals surface area contributed by atoms with Crippen LogP contribution in [0.4, 0.5) is 11.4 Å². The number of para-hydroxylation sites is 1. The van der Waals surface area contributed by atoms with Crippen LogP contribution in [0.2, 0.25) is 0 Å². The van der Waals surface area contributed by atoms with Crippen LogP contribution >= 0.6 is 0 Å². The molecule has 182 valence electrons. The molecule has 1 aliphatic heterocycles. The fourth-order valence-corrected chi connectivity index (χ4v) is 5.90. The van der Waals surface area contributed by atoms with Gasteiger partial charge in [-0.05, 0) is 62.2 Å². The van der Waals surface area contributed by atoms with Crippen LogP contribution in [-0.2, 0) is 16.6 Å². The molecule has 5 rings (SSSR count). The molecule has 3 aromatic carbocycles. The van der Waals surface area contributed by atoms with Crippen LogP contribution in [0.3, 0.4) is 0 Å². The van der Waals surface area contributed by atoms with Crippen molar-refractivity contribution in [1.29, 1.82) is 0 Å². The summed E-state index contributed by atoms with van der Waals surface area (Å²) in [6.07, 6.45) is 2.11. The van der Waals surface area contributed by atoms with Gasteiger partial charge in [-0.3, -0.25) is 4.79 Å². The van der Waals surface area contributed by atoms with Crippen LogP contribution in [-0.4, -0.2) is 50.4 Å². The maximum Gasteiger partial charge on any atom is 0.257 e. The van der Waals surface area contributed by atoms with Gasteiger partial charge in [-0.1, -0.05) is 18.2 Å². The van der Waals surface area contributed by atoms with E-state index >= 15 is 0 Å². The van der Waals surface area contributed by atoms with Gasteiger partial charge in [0, 0.05) is 66.9 Å². The van der Waals surface area contributed by atoms with Crippen LogP contribution < -0.4 is 10.2 Å². The minimum atomic E-state index is -3.67. The molecule has 35 heavy (non-hydrogen) atoms. The summed E-state index contributed by atoms with van der Waals surface area (Å²) < 4.78 is 29.0. The first kappa shape index (κ1) is 23.4. The van der Waals surface area contributed by atoms with Gasteiger partial charge in [-0.15, -0.1) is 0 Å². The van der Waals surface area contributed by atoms with Gasteiger partial charge in [0.2, 0.25) is 10.0 Å². The zero-order valence-corrected chi connectivity index (χ0v) is 21.1. The summed E-state index contributed by atoms with van der Waals surface area (Å²) >= 11 is 0. The SMILES string of the molecule is CCn1c2ccccc2c2cc(NC(=O)c3cc(S(=O)(=O)N(C)C)ccc3N3CCCC3)ccc21. The number of sulfonamides is 1. The third-order valence-corrected chi connectivity index (χ3v) is 8.60.